The van der Waals surface area contributed by atoms with Crippen LogP contribution < -0.4 is 5.32 Å². The van der Waals surface area contributed by atoms with Crippen molar-refractivity contribution in [3.8, 4) is 0 Å². The number of amides is 1. The first kappa shape index (κ1) is 18.4. The van der Waals surface area contributed by atoms with Gasteiger partial charge in [0.15, 0.2) is 0 Å². The van der Waals surface area contributed by atoms with Crippen LogP contribution in [-0.4, -0.2) is 17.7 Å². The number of hydrogen-bond acceptors (Lipinski definition) is 2. The summed E-state index contributed by atoms with van der Waals surface area (Å²) in [6, 6.07) is 8.08. The fourth-order valence-corrected chi connectivity index (χ4v) is 3.29. The summed E-state index contributed by atoms with van der Waals surface area (Å²) in [5.41, 5.74) is 0. The number of rotatable bonds is 8. The van der Waals surface area contributed by atoms with E-state index in [9.17, 15) is 4.79 Å². The molecular weight excluding hydrogens is 302 g/mol. The second-order valence-corrected chi connectivity index (χ2v) is 7.59. The van der Waals surface area contributed by atoms with E-state index in [0.29, 0.717) is 18.3 Å². The summed E-state index contributed by atoms with van der Waals surface area (Å²) in [6.45, 7) is 8.62. The zero-order valence-electron chi connectivity index (χ0n) is 13.4. The molecule has 0 saturated carbocycles. The standard InChI is InChI=1S/C17H26ClNOS/c1-12(2)17(13(3)4)19-16(20)6-5-11-21-15-9-7-14(18)8-10-15/h7-10,12-13,17H,5-6,11H2,1-4H3,(H,19,20). The molecule has 1 aromatic carbocycles. The molecule has 1 amide bonds. The largest absolute Gasteiger partial charge is 0.353 e. The van der Waals surface area contributed by atoms with Crippen molar-refractivity contribution in [2.75, 3.05) is 5.75 Å². The highest BCUT2D eigenvalue weighted by Gasteiger charge is 2.19. The summed E-state index contributed by atoms with van der Waals surface area (Å²) in [6.07, 6.45) is 1.48. The van der Waals surface area contributed by atoms with E-state index in [1.165, 1.54) is 4.90 Å². The molecule has 1 aromatic rings. The van der Waals surface area contributed by atoms with Gasteiger partial charge in [-0.2, -0.15) is 0 Å². The smallest absolute Gasteiger partial charge is 0.220 e. The van der Waals surface area contributed by atoms with Crippen molar-refractivity contribution >= 4 is 29.3 Å². The summed E-state index contributed by atoms with van der Waals surface area (Å²) in [5.74, 6) is 2.05. The molecule has 0 saturated heterocycles. The van der Waals surface area contributed by atoms with Gasteiger partial charge in [0.25, 0.3) is 0 Å². The van der Waals surface area contributed by atoms with Crippen molar-refractivity contribution < 1.29 is 4.79 Å². The molecule has 0 unspecified atom stereocenters. The number of carbonyl (C=O) groups excluding carboxylic acids is 1. The van der Waals surface area contributed by atoms with Crippen molar-refractivity contribution in [3.05, 3.63) is 29.3 Å². The Morgan fingerprint density at radius 2 is 1.71 bits per heavy atom. The monoisotopic (exact) mass is 327 g/mol. The lowest BCUT2D eigenvalue weighted by atomic mass is 9.93. The Morgan fingerprint density at radius 1 is 1.14 bits per heavy atom. The Balaban J connectivity index is 2.25. The molecule has 118 valence electrons. The maximum absolute atomic E-state index is 12.0. The number of benzene rings is 1. The van der Waals surface area contributed by atoms with E-state index < -0.39 is 0 Å². The van der Waals surface area contributed by atoms with Crippen LogP contribution in [0.2, 0.25) is 5.02 Å². The molecule has 0 aromatic heterocycles. The third-order valence-electron chi connectivity index (χ3n) is 3.39. The van der Waals surface area contributed by atoms with E-state index in [2.05, 4.69) is 33.0 Å². The number of hydrogen-bond donors (Lipinski definition) is 1. The number of carbonyl (C=O) groups is 1. The van der Waals surface area contributed by atoms with Gasteiger partial charge in [-0.05, 0) is 48.3 Å². The minimum absolute atomic E-state index is 0.166. The zero-order chi connectivity index (χ0) is 15.8. The Bertz CT molecular complexity index is 423. The van der Waals surface area contributed by atoms with Crippen LogP contribution in [-0.2, 0) is 4.79 Å². The summed E-state index contributed by atoms with van der Waals surface area (Å²) in [5, 5.41) is 3.91. The minimum atomic E-state index is 0.166. The van der Waals surface area contributed by atoms with Crippen LogP contribution in [0.5, 0.6) is 0 Å². The first-order valence-corrected chi connectivity index (χ1v) is 8.94. The Kier molecular flexibility index (Phi) is 8.20. The second kappa shape index (κ2) is 9.37. The van der Waals surface area contributed by atoms with E-state index in [1.54, 1.807) is 11.8 Å². The zero-order valence-corrected chi connectivity index (χ0v) is 14.9. The minimum Gasteiger partial charge on any atom is -0.353 e. The van der Waals surface area contributed by atoms with Crippen molar-refractivity contribution in [1.29, 1.82) is 0 Å². The van der Waals surface area contributed by atoms with Gasteiger partial charge in [0.2, 0.25) is 5.91 Å². The van der Waals surface area contributed by atoms with Crippen LogP contribution in [0.4, 0.5) is 0 Å². The lowest BCUT2D eigenvalue weighted by molar-refractivity contribution is -0.122. The molecule has 0 aliphatic heterocycles. The van der Waals surface area contributed by atoms with Crippen LogP contribution in [0, 0.1) is 11.8 Å². The highest BCUT2D eigenvalue weighted by molar-refractivity contribution is 7.99. The topological polar surface area (TPSA) is 29.1 Å². The molecule has 1 N–H and O–H groups in total. The summed E-state index contributed by atoms with van der Waals surface area (Å²) >= 11 is 7.62. The summed E-state index contributed by atoms with van der Waals surface area (Å²) < 4.78 is 0. The molecule has 0 bridgehead atoms. The van der Waals surface area contributed by atoms with E-state index in [0.717, 1.165) is 17.2 Å². The van der Waals surface area contributed by atoms with Crippen molar-refractivity contribution in [1.82, 2.24) is 5.32 Å². The highest BCUT2D eigenvalue weighted by atomic mass is 35.5. The number of halogens is 1. The van der Waals surface area contributed by atoms with E-state index in [-0.39, 0.29) is 11.9 Å². The predicted molar refractivity (Wildman–Crippen MR) is 93.0 cm³/mol. The Morgan fingerprint density at radius 3 is 2.24 bits per heavy atom. The van der Waals surface area contributed by atoms with Crippen LogP contribution in [0.25, 0.3) is 0 Å². The lowest BCUT2D eigenvalue weighted by Gasteiger charge is -2.26. The van der Waals surface area contributed by atoms with Crippen LogP contribution in [0.3, 0.4) is 0 Å². The molecule has 4 heteroatoms. The third kappa shape index (κ3) is 7.23. The van der Waals surface area contributed by atoms with Gasteiger partial charge in [-0.15, -0.1) is 11.8 Å². The fraction of sp³-hybridized carbons (Fsp3) is 0.588. The molecule has 0 radical (unpaired) electrons. The molecule has 0 aliphatic carbocycles. The van der Waals surface area contributed by atoms with Gasteiger partial charge in [-0.1, -0.05) is 39.3 Å². The van der Waals surface area contributed by atoms with E-state index >= 15 is 0 Å². The molecule has 0 atom stereocenters. The summed E-state index contributed by atoms with van der Waals surface area (Å²) in [7, 11) is 0. The SMILES string of the molecule is CC(C)C(NC(=O)CCCSc1ccc(Cl)cc1)C(C)C. The normalized spacial score (nSPS) is 11.4. The van der Waals surface area contributed by atoms with Crippen molar-refractivity contribution in [3.63, 3.8) is 0 Å². The first-order chi connectivity index (χ1) is 9.90. The van der Waals surface area contributed by atoms with Gasteiger partial charge in [-0.25, -0.2) is 0 Å². The van der Waals surface area contributed by atoms with Gasteiger partial charge in [0, 0.05) is 22.4 Å². The van der Waals surface area contributed by atoms with Gasteiger partial charge < -0.3 is 5.32 Å². The van der Waals surface area contributed by atoms with Crippen LogP contribution >= 0.6 is 23.4 Å². The molecular formula is C17H26ClNOS. The maximum atomic E-state index is 12.0. The van der Waals surface area contributed by atoms with E-state index in [4.69, 9.17) is 11.6 Å². The number of thioether (sulfide) groups is 1. The maximum Gasteiger partial charge on any atom is 0.220 e. The van der Waals surface area contributed by atoms with Gasteiger partial charge in [0.05, 0.1) is 0 Å². The first-order valence-electron chi connectivity index (χ1n) is 7.58. The molecule has 2 nitrogen and oxygen atoms in total. The fourth-order valence-electron chi connectivity index (χ4n) is 2.31. The van der Waals surface area contributed by atoms with Crippen molar-refractivity contribution in [2.24, 2.45) is 11.8 Å². The lowest BCUT2D eigenvalue weighted by Crippen LogP contribution is -2.42. The van der Waals surface area contributed by atoms with Gasteiger partial charge >= 0.3 is 0 Å². The molecule has 0 fully saturated rings. The predicted octanol–water partition coefficient (Wildman–Crippen LogP) is 5.01. The Labute approximate surface area is 138 Å². The molecule has 1 rings (SSSR count). The van der Waals surface area contributed by atoms with Gasteiger partial charge in [0.1, 0.15) is 0 Å². The Hall–Kier alpha value is -0.670. The van der Waals surface area contributed by atoms with Crippen molar-refractivity contribution in [2.45, 2.75) is 51.5 Å². The average molecular weight is 328 g/mol. The number of nitrogens with one attached hydrogen (secondary N) is 1. The van der Waals surface area contributed by atoms with E-state index in [1.807, 2.05) is 24.3 Å². The van der Waals surface area contributed by atoms with Crippen LogP contribution in [0.1, 0.15) is 40.5 Å². The molecule has 21 heavy (non-hydrogen) atoms. The molecule has 0 heterocycles. The third-order valence-corrected chi connectivity index (χ3v) is 4.74. The quantitative estimate of drug-likeness (QED) is 0.537. The molecule has 0 spiro atoms. The molecule has 0 aliphatic rings. The highest BCUT2D eigenvalue weighted by Crippen LogP contribution is 2.21. The summed E-state index contributed by atoms with van der Waals surface area (Å²) in [4.78, 5) is 13.2. The van der Waals surface area contributed by atoms with Gasteiger partial charge in [-0.3, -0.25) is 4.79 Å². The van der Waals surface area contributed by atoms with Crippen LogP contribution in [0.15, 0.2) is 29.2 Å². The average Bonchev–Trinajstić information content (AvgIpc) is 2.42. The second-order valence-electron chi connectivity index (χ2n) is 5.99.